The Morgan fingerprint density at radius 3 is 3.00 bits per heavy atom. The zero-order chi connectivity index (χ0) is 10.6. The molecule has 82 valence electrons. The van der Waals surface area contributed by atoms with Gasteiger partial charge in [-0.3, -0.25) is 0 Å². The number of oxime groups is 1. The lowest BCUT2D eigenvalue weighted by molar-refractivity contribution is 0.174. The molecule has 0 bridgehead atoms. The molecular weight excluding hydrogens is 178 g/mol. The lowest BCUT2D eigenvalue weighted by Crippen LogP contribution is -2.40. The first-order chi connectivity index (χ1) is 6.63. The minimum Gasteiger partial charge on any atom is -0.409 e. The molecule has 2 unspecified atom stereocenters. The standard InChI is InChI=1S/C10H21N3O/c1-8-4-3-5-13(6-8)7-9(2)10(11)12-14/h8-9,14H,3-7H2,1-2H3,(H2,11,12). The summed E-state index contributed by atoms with van der Waals surface area (Å²) < 4.78 is 0. The van der Waals surface area contributed by atoms with E-state index in [4.69, 9.17) is 10.9 Å². The highest BCUT2D eigenvalue weighted by atomic mass is 16.4. The molecule has 1 rings (SSSR count). The maximum absolute atomic E-state index is 8.53. The molecule has 0 aromatic carbocycles. The van der Waals surface area contributed by atoms with Gasteiger partial charge < -0.3 is 15.8 Å². The van der Waals surface area contributed by atoms with E-state index in [2.05, 4.69) is 17.0 Å². The Balaban J connectivity index is 2.36. The van der Waals surface area contributed by atoms with E-state index in [1.54, 1.807) is 0 Å². The van der Waals surface area contributed by atoms with Crippen molar-refractivity contribution in [3.8, 4) is 0 Å². The smallest absolute Gasteiger partial charge is 0.143 e. The van der Waals surface area contributed by atoms with Crippen LogP contribution in [0.1, 0.15) is 26.7 Å². The van der Waals surface area contributed by atoms with Crippen LogP contribution in [0.25, 0.3) is 0 Å². The SMILES string of the molecule is CC1CCCN(CC(C)/C(N)=N/O)C1. The topological polar surface area (TPSA) is 61.8 Å². The summed E-state index contributed by atoms with van der Waals surface area (Å²) in [5.74, 6) is 1.26. The lowest BCUT2D eigenvalue weighted by Gasteiger charge is -2.32. The normalized spacial score (nSPS) is 27.6. The van der Waals surface area contributed by atoms with Crippen LogP contribution >= 0.6 is 0 Å². The molecule has 2 atom stereocenters. The largest absolute Gasteiger partial charge is 0.409 e. The van der Waals surface area contributed by atoms with E-state index >= 15 is 0 Å². The van der Waals surface area contributed by atoms with Crippen LogP contribution in [0.2, 0.25) is 0 Å². The Hall–Kier alpha value is -0.770. The molecule has 1 fully saturated rings. The van der Waals surface area contributed by atoms with Crippen molar-refractivity contribution in [2.24, 2.45) is 22.7 Å². The van der Waals surface area contributed by atoms with Crippen LogP contribution in [0.5, 0.6) is 0 Å². The van der Waals surface area contributed by atoms with Crippen LogP contribution in [0, 0.1) is 11.8 Å². The number of hydrogen-bond donors (Lipinski definition) is 2. The van der Waals surface area contributed by atoms with E-state index in [1.807, 2.05) is 6.92 Å². The summed E-state index contributed by atoms with van der Waals surface area (Å²) in [6.45, 7) is 7.46. The van der Waals surface area contributed by atoms with Gasteiger partial charge in [-0.2, -0.15) is 0 Å². The molecule has 3 N–H and O–H groups in total. The number of piperidine rings is 1. The van der Waals surface area contributed by atoms with Gasteiger partial charge in [0.2, 0.25) is 0 Å². The van der Waals surface area contributed by atoms with Crippen molar-refractivity contribution >= 4 is 5.84 Å². The summed E-state index contributed by atoms with van der Waals surface area (Å²) in [5.41, 5.74) is 5.54. The van der Waals surface area contributed by atoms with Crippen LogP contribution in [0.3, 0.4) is 0 Å². The summed E-state index contributed by atoms with van der Waals surface area (Å²) in [6.07, 6.45) is 2.60. The monoisotopic (exact) mass is 199 g/mol. The van der Waals surface area contributed by atoms with E-state index in [9.17, 15) is 0 Å². The first-order valence-corrected chi connectivity index (χ1v) is 5.33. The molecule has 4 nitrogen and oxygen atoms in total. The number of amidine groups is 1. The summed E-state index contributed by atoms with van der Waals surface area (Å²) in [5, 5.41) is 11.6. The highest BCUT2D eigenvalue weighted by Gasteiger charge is 2.19. The zero-order valence-corrected chi connectivity index (χ0v) is 9.11. The Labute approximate surface area is 85.8 Å². The molecule has 0 saturated carbocycles. The van der Waals surface area contributed by atoms with Crippen LogP contribution in [-0.2, 0) is 0 Å². The third-order valence-corrected chi connectivity index (χ3v) is 2.89. The molecule has 4 heteroatoms. The minimum absolute atomic E-state index is 0.144. The van der Waals surface area contributed by atoms with Crippen molar-refractivity contribution in [1.82, 2.24) is 4.90 Å². The summed E-state index contributed by atoms with van der Waals surface area (Å²) in [6, 6.07) is 0. The number of rotatable bonds is 3. The van der Waals surface area contributed by atoms with Crippen molar-refractivity contribution in [2.45, 2.75) is 26.7 Å². The van der Waals surface area contributed by atoms with Crippen molar-refractivity contribution < 1.29 is 5.21 Å². The average Bonchev–Trinajstić information content (AvgIpc) is 2.16. The third kappa shape index (κ3) is 3.18. The molecule has 1 aliphatic rings. The molecule has 0 amide bonds. The van der Waals surface area contributed by atoms with Gasteiger partial charge in [0.25, 0.3) is 0 Å². The fraction of sp³-hybridized carbons (Fsp3) is 0.900. The molecule has 1 saturated heterocycles. The fourth-order valence-corrected chi connectivity index (χ4v) is 2.03. The number of nitrogens with zero attached hydrogens (tertiary/aromatic N) is 2. The number of likely N-dealkylation sites (tertiary alicyclic amines) is 1. The Morgan fingerprint density at radius 2 is 2.43 bits per heavy atom. The molecule has 14 heavy (non-hydrogen) atoms. The van der Waals surface area contributed by atoms with Crippen LogP contribution < -0.4 is 5.73 Å². The second-order valence-electron chi connectivity index (χ2n) is 4.43. The maximum Gasteiger partial charge on any atom is 0.143 e. The van der Waals surface area contributed by atoms with Gasteiger partial charge in [-0.1, -0.05) is 19.0 Å². The number of nitrogens with two attached hydrogens (primary N) is 1. The molecule has 1 heterocycles. The predicted molar refractivity (Wildman–Crippen MR) is 57.4 cm³/mol. The van der Waals surface area contributed by atoms with Crippen LogP contribution in [0.15, 0.2) is 5.16 Å². The van der Waals surface area contributed by atoms with Crippen molar-refractivity contribution in [3.05, 3.63) is 0 Å². The van der Waals surface area contributed by atoms with E-state index in [0.29, 0.717) is 5.84 Å². The first kappa shape index (κ1) is 11.3. The van der Waals surface area contributed by atoms with Gasteiger partial charge >= 0.3 is 0 Å². The van der Waals surface area contributed by atoms with E-state index in [1.165, 1.54) is 12.8 Å². The van der Waals surface area contributed by atoms with Crippen LogP contribution in [0.4, 0.5) is 0 Å². The highest BCUT2D eigenvalue weighted by molar-refractivity contribution is 5.82. The second kappa shape index (κ2) is 5.20. The van der Waals surface area contributed by atoms with Crippen molar-refractivity contribution in [3.63, 3.8) is 0 Å². The Morgan fingerprint density at radius 1 is 1.71 bits per heavy atom. The summed E-state index contributed by atoms with van der Waals surface area (Å²) >= 11 is 0. The first-order valence-electron chi connectivity index (χ1n) is 5.33. The van der Waals surface area contributed by atoms with Crippen molar-refractivity contribution in [2.75, 3.05) is 19.6 Å². The Bertz CT molecular complexity index is 206. The number of hydrogen-bond acceptors (Lipinski definition) is 3. The van der Waals surface area contributed by atoms with Gasteiger partial charge in [-0.15, -0.1) is 0 Å². The maximum atomic E-state index is 8.53. The van der Waals surface area contributed by atoms with Gasteiger partial charge in [0.05, 0.1) is 0 Å². The summed E-state index contributed by atoms with van der Waals surface area (Å²) in [4.78, 5) is 2.40. The van der Waals surface area contributed by atoms with E-state index < -0.39 is 0 Å². The highest BCUT2D eigenvalue weighted by Crippen LogP contribution is 2.16. The lowest BCUT2D eigenvalue weighted by atomic mass is 9.99. The van der Waals surface area contributed by atoms with E-state index in [0.717, 1.165) is 25.6 Å². The Kier molecular flexibility index (Phi) is 4.20. The zero-order valence-electron chi connectivity index (χ0n) is 9.11. The molecule has 0 spiro atoms. The van der Waals surface area contributed by atoms with Gasteiger partial charge in [0.1, 0.15) is 5.84 Å². The van der Waals surface area contributed by atoms with Crippen molar-refractivity contribution in [1.29, 1.82) is 0 Å². The summed E-state index contributed by atoms with van der Waals surface area (Å²) in [7, 11) is 0. The minimum atomic E-state index is 0.144. The fourth-order valence-electron chi connectivity index (χ4n) is 2.03. The van der Waals surface area contributed by atoms with E-state index in [-0.39, 0.29) is 5.92 Å². The van der Waals surface area contributed by atoms with Gasteiger partial charge in [0.15, 0.2) is 0 Å². The molecule has 0 radical (unpaired) electrons. The molecule has 0 aliphatic carbocycles. The quantitative estimate of drug-likeness (QED) is 0.310. The van der Waals surface area contributed by atoms with Crippen LogP contribution in [-0.4, -0.2) is 35.6 Å². The van der Waals surface area contributed by atoms with Gasteiger partial charge in [0, 0.05) is 19.0 Å². The third-order valence-electron chi connectivity index (χ3n) is 2.89. The molecule has 0 aromatic heterocycles. The molecular formula is C10H21N3O. The van der Waals surface area contributed by atoms with Gasteiger partial charge in [-0.25, -0.2) is 0 Å². The molecule has 0 aromatic rings. The van der Waals surface area contributed by atoms with Gasteiger partial charge in [-0.05, 0) is 25.3 Å². The average molecular weight is 199 g/mol. The predicted octanol–water partition coefficient (Wildman–Crippen LogP) is 1.10. The molecule has 1 aliphatic heterocycles. The second-order valence-corrected chi connectivity index (χ2v) is 4.43.